The van der Waals surface area contributed by atoms with Crippen LogP contribution in [-0.2, 0) is 16.8 Å². The molecule has 0 spiro atoms. The molecular formula is C13H9BrF2N4O4PS+. The normalized spacial score (nSPS) is 12.4. The molecule has 0 aliphatic heterocycles. The first kappa shape index (κ1) is 18.8. The van der Waals surface area contributed by atoms with Gasteiger partial charge in [0.15, 0.2) is 0 Å². The topological polar surface area (TPSA) is 128 Å². The number of fused-ring (bicyclic) bond motifs is 1. The molecule has 26 heavy (non-hydrogen) atoms. The zero-order valence-electron chi connectivity index (χ0n) is 12.5. The first-order chi connectivity index (χ1) is 12.2. The molecule has 0 saturated heterocycles. The number of aromatic amines is 2. The minimum Gasteiger partial charge on any atom is -0.345 e. The van der Waals surface area contributed by atoms with Crippen LogP contribution >= 0.6 is 35.3 Å². The molecule has 0 fully saturated rings. The van der Waals surface area contributed by atoms with Crippen molar-refractivity contribution in [2.24, 2.45) is 0 Å². The Morgan fingerprint density at radius 2 is 2.19 bits per heavy atom. The van der Waals surface area contributed by atoms with Crippen molar-refractivity contribution in [1.82, 2.24) is 20.5 Å². The second kappa shape index (κ2) is 6.95. The zero-order valence-corrected chi connectivity index (χ0v) is 15.8. The number of nitrogens with one attached hydrogen (secondary N) is 3. The summed E-state index contributed by atoms with van der Waals surface area (Å²) in [4.78, 5) is 33.8. The Hall–Kier alpha value is -2.01. The smallest absolute Gasteiger partial charge is 0.345 e. The number of rotatable bonds is 5. The number of carbonyl (C=O) groups is 1. The van der Waals surface area contributed by atoms with Crippen LogP contribution in [0.1, 0.15) is 21.1 Å². The molecule has 3 aromatic rings. The average Bonchev–Trinajstić information content (AvgIpc) is 3.16. The third-order valence-electron chi connectivity index (χ3n) is 3.37. The third-order valence-corrected chi connectivity index (χ3v) is 6.55. The lowest BCUT2D eigenvalue weighted by atomic mass is 10.1. The van der Waals surface area contributed by atoms with Gasteiger partial charge in [-0.25, -0.2) is 9.89 Å². The highest BCUT2D eigenvalue weighted by atomic mass is 79.9. The molecule has 4 N–H and O–H groups in total. The molecule has 13 heteroatoms. The second-order valence-electron chi connectivity index (χ2n) is 5.08. The first-order valence-electron chi connectivity index (χ1n) is 6.88. The number of carbonyl (C=O) groups excluding carboxylic acids is 1. The van der Waals surface area contributed by atoms with E-state index >= 15 is 0 Å². The molecule has 8 nitrogen and oxygen atoms in total. The molecule has 1 unspecified atom stereocenters. The zero-order chi connectivity index (χ0) is 19.1. The lowest BCUT2D eigenvalue weighted by molar-refractivity contribution is 0.0849. The van der Waals surface area contributed by atoms with Gasteiger partial charge in [-0.1, -0.05) is 0 Å². The largest absolute Gasteiger partial charge is 0.590 e. The Bertz CT molecular complexity index is 1080. The summed E-state index contributed by atoms with van der Waals surface area (Å²) in [5.74, 6) is -0.273. The number of benzene rings is 1. The van der Waals surface area contributed by atoms with Gasteiger partial charge in [0.2, 0.25) is 0 Å². The maximum absolute atomic E-state index is 13.9. The number of halogens is 3. The Labute approximate surface area is 156 Å². The van der Waals surface area contributed by atoms with Crippen molar-refractivity contribution < 1.29 is 23.0 Å². The molecule has 1 amide bonds. The van der Waals surface area contributed by atoms with Gasteiger partial charge in [0.05, 0.1) is 11.0 Å². The number of hydrogen-bond donors (Lipinski definition) is 4. The summed E-state index contributed by atoms with van der Waals surface area (Å²) in [7, 11) is -3.74. The van der Waals surface area contributed by atoms with E-state index in [2.05, 4.69) is 36.4 Å². The minimum atomic E-state index is -3.90. The van der Waals surface area contributed by atoms with Crippen molar-refractivity contribution in [3.8, 4) is 0 Å². The van der Waals surface area contributed by atoms with E-state index in [1.54, 1.807) is 0 Å². The van der Waals surface area contributed by atoms with Crippen LogP contribution in [0.3, 0.4) is 0 Å². The molecule has 0 saturated carbocycles. The SMILES string of the molecule is O=C(NCc1n[nH]c(=O)[nH]1)c1ccc2sc(C(F)(F)[P+](=O)O)c(Br)c2c1. The molecule has 0 aliphatic carbocycles. The van der Waals surface area contributed by atoms with Crippen molar-refractivity contribution in [3.05, 3.63) is 49.4 Å². The predicted molar refractivity (Wildman–Crippen MR) is 93.6 cm³/mol. The van der Waals surface area contributed by atoms with Gasteiger partial charge >= 0.3 is 19.4 Å². The maximum Gasteiger partial charge on any atom is 0.590 e. The van der Waals surface area contributed by atoms with Crippen molar-refractivity contribution in [3.63, 3.8) is 0 Å². The van der Waals surface area contributed by atoms with E-state index in [1.807, 2.05) is 0 Å². The lowest BCUT2D eigenvalue weighted by Gasteiger charge is -2.03. The Kier molecular flexibility index (Phi) is 5.02. The van der Waals surface area contributed by atoms with E-state index in [0.29, 0.717) is 21.4 Å². The molecule has 1 aromatic carbocycles. The number of hydrogen-bond acceptors (Lipinski definition) is 5. The van der Waals surface area contributed by atoms with Crippen LogP contribution in [0, 0.1) is 0 Å². The Balaban J connectivity index is 1.89. The highest BCUT2D eigenvalue weighted by Gasteiger charge is 2.56. The van der Waals surface area contributed by atoms with Gasteiger partial charge in [-0.15, -0.1) is 20.1 Å². The number of thiophene rings is 1. The van der Waals surface area contributed by atoms with Gasteiger partial charge in [-0.3, -0.25) is 9.78 Å². The molecule has 0 radical (unpaired) electrons. The highest BCUT2D eigenvalue weighted by molar-refractivity contribution is 9.10. The van der Waals surface area contributed by atoms with Gasteiger partial charge < -0.3 is 5.32 Å². The van der Waals surface area contributed by atoms with Crippen LogP contribution in [0.15, 0.2) is 27.5 Å². The van der Waals surface area contributed by atoms with Gasteiger partial charge in [0.25, 0.3) is 5.91 Å². The monoisotopic (exact) mass is 465 g/mol. The molecule has 0 bridgehead atoms. The molecule has 1 atom stereocenters. The van der Waals surface area contributed by atoms with Gasteiger partial charge in [0.1, 0.15) is 10.7 Å². The summed E-state index contributed by atoms with van der Waals surface area (Å²) in [6, 6.07) is 4.30. The van der Waals surface area contributed by atoms with Crippen molar-refractivity contribution in [1.29, 1.82) is 0 Å². The van der Waals surface area contributed by atoms with E-state index < -0.39 is 30.2 Å². The van der Waals surface area contributed by atoms with E-state index in [1.165, 1.54) is 18.2 Å². The number of alkyl halides is 2. The summed E-state index contributed by atoms with van der Waals surface area (Å²) < 4.78 is 39.1. The molecule has 0 aliphatic rings. The molecular weight excluding hydrogens is 457 g/mol. The number of aromatic nitrogens is 3. The molecule has 136 valence electrons. The standard InChI is InChI=1S/C13H8BrF2N4O4PS/c14-9-6-3-5(11(21)17-4-8-18-12(22)20-19-8)1-2-7(6)26-10(9)13(15,16)25(23)24/h1-3H,4H2,(H3-,17,18,19,20,21,22,23,24)/p+1. The highest BCUT2D eigenvalue weighted by Crippen LogP contribution is 2.54. The Morgan fingerprint density at radius 1 is 1.46 bits per heavy atom. The fourth-order valence-corrected chi connectivity index (χ4v) is 4.85. The number of nitrogens with zero attached hydrogens (tertiary/aromatic N) is 1. The summed E-state index contributed by atoms with van der Waals surface area (Å²) in [5.41, 5.74) is -4.21. The summed E-state index contributed by atoms with van der Waals surface area (Å²) in [6.07, 6.45) is 0. The van der Waals surface area contributed by atoms with Crippen LogP contribution in [0.5, 0.6) is 0 Å². The molecule has 2 heterocycles. The Morgan fingerprint density at radius 3 is 2.81 bits per heavy atom. The second-order valence-corrected chi connectivity index (χ2v) is 8.03. The lowest BCUT2D eigenvalue weighted by Crippen LogP contribution is -2.23. The van der Waals surface area contributed by atoms with Crippen LogP contribution < -0.4 is 11.0 Å². The van der Waals surface area contributed by atoms with Gasteiger partial charge in [-0.2, -0.15) is 9.99 Å². The van der Waals surface area contributed by atoms with Crippen LogP contribution in [-0.4, -0.2) is 26.0 Å². The van der Waals surface area contributed by atoms with Gasteiger partial charge in [-0.05, 0) is 38.7 Å². The van der Waals surface area contributed by atoms with Crippen LogP contribution in [0.2, 0.25) is 0 Å². The summed E-state index contributed by atoms with van der Waals surface area (Å²) >= 11 is 3.69. The quantitative estimate of drug-likeness (QED) is 0.430. The fraction of sp³-hybridized carbons (Fsp3) is 0.154. The van der Waals surface area contributed by atoms with Crippen molar-refractivity contribution >= 4 is 51.3 Å². The van der Waals surface area contributed by atoms with Crippen molar-refractivity contribution in [2.45, 2.75) is 12.2 Å². The van der Waals surface area contributed by atoms with E-state index in [0.717, 1.165) is 0 Å². The molecule has 2 aromatic heterocycles. The fourth-order valence-electron chi connectivity index (χ4n) is 2.14. The number of H-pyrrole nitrogens is 2. The molecule has 3 rings (SSSR count). The van der Waals surface area contributed by atoms with Crippen molar-refractivity contribution in [2.75, 3.05) is 0 Å². The summed E-state index contributed by atoms with van der Waals surface area (Å²) in [5, 5.41) is 8.65. The van der Waals surface area contributed by atoms with E-state index in [-0.39, 0.29) is 22.4 Å². The maximum atomic E-state index is 13.9. The van der Waals surface area contributed by atoms with Crippen LogP contribution in [0.25, 0.3) is 10.1 Å². The first-order valence-corrected chi connectivity index (χ1v) is 9.70. The average molecular weight is 466 g/mol. The van der Waals surface area contributed by atoms with E-state index in [4.69, 9.17) is 4.89 Å². The van der Waals surface area contributed by atoms with Crippen LogP contribution in [0.4, 0.5) is 8.78 Å². The van der Waals surface area contributed by atoms with E-state index in [9.17, 15) is 22.9 Å². The minimum absolute atomic E-state index is 0.0330. The van der Waals surface area contributed by atoms with Gasteiger partial charge in [0, 0.05) is 15.6 Å². The number of amides is 1. The summed E-state index contributed by atoms with van der Waals surface area (Å²) in [6.45, 7) is -0.0330. The third kappa shape index (κ3) is 3.45. The predicted octanol–water partition coefficient (Wildman–Crippen LogP) is 2.79.